The highest BCUT2D eigenvalue weighted by atomic mass is 32.2. The van der Waals surface area contributed by atoms with Gasteiger partial charge in [0.1, 0.15) is 0 Å². The van der Waals surface area contributed by atoms with Gasteiger partial charge in [-0.25, -0.2) is 0 Å². The van der Waals surface area contributed by atoms with Crippen LogP contribution in [0.3, 0.4) is 0 Å². The van der Waals surface area contributed by atoms with Gasteiger partial charge in [0, 0.05) is 35.1 Å². The van der Waals surface area contributed by atoms with Crippen LogP contribution in [0, 0.1) is 0 Å². The van der Waals surface area contributed by atoms with Gasteiger partial charge in [0.25, 0.3) is 0 Å². The molecule has 2 aromatic heterocycles. The van der Waals surface area contributed by atoms with Crippen molar-refractivity contribution in [1.29, 1.82) is 0 Å². The Morgan fingerprint density at radius 2 is 1.83 bits per heavy atom. The smallest absolute Gasteiger partial charge is 0.237 e. The average Bonchev–Trinajstić information content (AvgIpc) is 3.54. The Labute approximate surface area is 178 Å². The number of fused-ring (bicyclic) bond motifs is 1. The van der Waals surface area contributed by atoms with Crippen LogP contribution in [0.5, 0.6) is 0 Å². The zero-order valence-corrected chi connectivity index (χ0v) is 17.3. The second-order valence-electron chi connectivity index (χ2n) is 7.42. The number of aromatic nitrogens is 4. The number of thioether (sulfide) groups is 1. The molecule has 0 bridgehead atoms. The second kappa shape index (κ2) is 7.91. The third kappa shape index (κ3) is 3.68. The molecule has 1 aliphatic rings. The molecule has 2 heterocycles. The van der Waals surface area contributed by atoms with Gasteiger partial charge in [0.15, 0.2) is 11.0 Å². The van der Waals surface area contributed by atoms with Crippen molar-refractivity contribution in [2.45, 2.75) is 36.2 Å². The summed E-state index contributed by atoms with van der Waals surface area (Å²) in [5.41, 5.74) is 1.82. The van der Waals surface area contributed by atoms with Gasteiger partial charge in [-0.1, -0.05) is 48.2 Å². The van der Waals surface area contributed by atoms with Gasteiger partial charge >= 0.3 is 0 Å². The third-order valence-electron chi connectivity index (χ3n) is 5.21. The van der Waals surface area contributed by atoms with E-state index in [1.165, 1.54) is 11.8 Å². The number of carbonyl (C=O) groups excluding carboxylic acids is 1. The van der Waals surface area contributed by atoms with E-state index < -0.39 is 0 Å². The molecule has 5 rings (SSSR count). The molecule has 1 N–H and O–H groups in total. The molecular weight excluding hydrogens is 394 g/mol. The number of benzene rings is 2. The molecule has 1 fully saturated rings. The van der Waals surface area contributed by atoms with Crippen LogP contribution in [0.2, 0.25) is 0 Å². The molecule has 1 amide bonds. The molecule has 0 aliphatic heterocycles. The van der Waals surface area contributed by atoms with Gasteiger partial charge in [-0.15, -0.1) is 10.2 Å². The first-order chi connectivity index (χ1) is 14.7. The van der Waals surface area contributed by atoms with Crippen LogP contribution in [-0.4, -0.2) is 30.9 Å². The van der Waals surface area contributed by atoms with Crippen molar-refractivity contribution in [3.8, 4) is 11.4 Å². The van der Waals surface area contributed by atoms with Crippen LogP contribution in [0.15, 0.2) is 72.1 Å². The average molecular weight is 416 g/mol. The molecule has 2 aromatic carbocycles. The Morgan fingerprint density at radius 3 is 2.63 bits per heavy atom. The summed E-state index contributed by atoms with van der Waals surface area (Å²) in [7, 11) is 0. The van der Waals surface area contributed by atoms with Crippen molar-refractivity contribution in [2.75, 3.05) is 5.32 Å². The summed E-state index contributed by atoms with van der Waals surface area (Å²) in [6, 6.07) is 18.3. The van der Waals surface area contributed by atoms with Gasteiger partial charge in [0.2, 0.25) is 5.91 Å². The number of hydrogen-bond acceptors (Lipinski definition) is 5. The Morgan fingerprint density at radius 1 is 1.07 bits per heavy atom. The zero-order valence-electron chi connectivity index (χ0n) is 16.5. The first-order valence-electron chi connectivity index (χ1n) is 10.0. The summed E-state index contributed by atoms with van der Waals surface area (Å²) < 4.78 is 2.17. The van der Waals surface area contributed by atoms with Crippen molar-refractivity contribution in [3.63, 3.8) is 0 Å². The van der Waals surface area contributed by atoms with E-state index in [9.17, 15) is 4.79 Å². The molecule has 1 aliphatic carbocycles. The Kier molecular flexibility index (Phi) is 4.96. The molecule has 1 saturated carbocycles. The lowest BCUT2D eigenvalue weighted by Crippen LogP contribution is -2.23. The normalized spacial score (nSPS) is 14.6. The van der Waals surface area contributed by atoms with Gasteiger partial charge < -0.3 is 5.32 Å². The van der Waals surface area contributed by atoms with E-state index in [-0.39, 0.29) is 11.2 Å². The van der Waals surface area contributed by atoms with E-state index in [1.807, 2.05) is 61.5 Å². The quantitative estimate of drug-likeness (QED) is 0.451. The molecule has 30 heavy (non-hydrogen) atoms. The fourth-order valence-electron chi connectivity index (χ4n) is 3.50. The maximum atomic E-state index is 12.9. The molecule has 6 nitrogen and oxygen atoms in total. The lowest BCUT2D eigenvalue weighted by molar-refractivity contribution is -0.115. The Hall–Kier alpha value is -3.19. The molecule has 1 atom stereocenters. The predicted molar refractivity (Wildman–Crippen MR) is 119 cm³/mol. The predicted octanol–water partition coefficient (Wildman–Crippen LogP) is 4.95. The largest absolute Gasteiger partial charge is 0.325 e. The standard InChI is InChI=1S/C23H21N5OS/c1-15(22(29)25-20-8-4-6-16-5-2-3-7-19(16)20)30-23-27-26-21(28(23)18-9-10-18)17-11-13-24-14-12-17/h2-8,11-15,18H,9-10H2,1H3,(H,25,29)/t15-/m0/s1. The first kappa shape index (κ1) is 18.8. The highest BCUT2D eigenvalue weighted by molar-refractivity contribution is 8.00. The minimum absolute atomic E-state index is 0.0489. The topological polar surface area (TPSA) is 72.7 Å². The number of hydrogen-bond donors (Lipinski definition) is 1. The lowest BCUT2D eigenvalue weighted by Gasteiger charge is -2.14. The fourth-order valence-corrected chi connectivity index (χ4v) is 4.42. The van der Waals surface area contributed by atoms with Crippen LogP contribution in [0.25, 0.3) is 22.2 Å². The van der Waals surface area contributed by atoms with Crippen LogP contribution in [0.1, 0.15) is 25.8 Å². The summed E-state index contributed by atoms with van der Waals surface area (Å²) in [5, 5.41) is 14.5. The van der Waals surface area contributed by atoms with E-state index in [0.717, 1.165) is 45.8 Å². The van der Waals surface area contributed by atoms with Gasteiger partial charge in [-0.3, -0.25) is 14.3 Å². The number of nitrogens with one attached hydrogen (secondary N) is 1. The van der Waals surface area contributed by atoms with Crippen molar-refractivity contribution < 1.29 is 4.79 Å². The molecule has 0 spiro atoms. The fraction of sp³-hybridized carbons (Fsp3) is 0.217. The minimum Gasteiger partial charge on any atom is -0.325 e. The number of amides is 1. The lowest BCUT2D eigenvalue weighted by atomic mass is 10.1. The van der Waals surface area contributed by atoms with E-state index in [2.05, 4.69) is 25.1 Å². The SMILES string of the molecule is C[C@H](Sc1nnc(-c2ccncc2)n1C1CC1)C(=O)Nc1cccc2ccccc12. The maximum Gasteiger partial charge on any atom is 0.237 e. The Bertz CT molecular complexity index is 1200. The zero-order chi connectivity index (χ0) is 20.5. The maximum absolute atomic E-state index is 12.9. The van der Waals surface area contributed by atoms with Crippen molar-refractivity contribution in [3.05, 3.63) is 67.0 Å². The highest BCUT2D eigenvalue weighted by Crippen LogP contribution is 2.41. The first-order valence-corrected chi connectivity index (χ1v) is 10.9. The van der Waals surface area contributed by atoms with Gasteiger partial charge in [-0.05, 0) is 43.4 Å². The van der Waals surface area contributed by atoms with E-state index in [0.29, 0.717) is 6.04 Å². The molecule has 4 aromatic rings. The molecule has 0 unspecified atom stereocenters. The van der Waals surface area contributed by atoms with E-state index in [4.69, 9.17) is 0 Å². The Balaban J connectivity index is 1.37. The number of anilines is 1. The second-order valence-corrected chi connectivity index (χ2v) is 8.73. The van der Waals surface area contributed by atoms with E-state index >= 15 is 0 Å². The summed E-state index contributed by atoms with van der Waals surface area (Å²) in [5.74, 6) is 0.788. The van der Waals surface area contributed by atoms with Crippen molar-refractivity contribution >= 4 is 34.1 Å². The number of carbonyl (C=O) groups is 1. The van der Waals surface area contributed by atoms with Crippen molar-refractivity contribution in [2.24, 2.45) is 0 Å². The van der Waals surface area contributed by atoms with Crippen LogP contribution < -0.4 is 5.32 Å². The van der Waals surface area contributed by atoms with Gasteiger partial charge in [0.05, 0.1) is 5.25 Å². The monoisotopic (exact) mass is 415 g/mol. The summed E-state index contributed by atoms with van der Waals surface area (Å²) in [4.78, 5) is 17.0. The number of nitrogens with zero attached hydrogens (tertiary/aromatic N) is 4. The van der Waals surface area contributed by atoms with Crippen LogP contribution in [-0.2, 0) is 4.79 Å². The van der Waals surface area contributed by atoms with Crippen molar-refractivity contribution in [1.82, 2.24) is 19.7 Å². The molecular formula is C23H21N5OS. The molecule has 150 valence electrons. The highest BCUT2D eigenvalue weighted by Gasteiger charge is 2.31. The van der Waals surface area contributed by atoms with Crippen LogP contribution >= 0.6 is 11.8 Å². The van der Waals surface area contributed by atoms with Crippen LogP contribution in [0.4, 0.5) is 5.69 Å². The van der Waals surface area contributed by atoms with Gasteiger partial charge in [-0.2, -0.15) is 0 Å². The number of pyridine rings is 1. The molecule has 0 radical (unpaired) electrons. The summed E-state index contributed by atoms with van der Waals surface area (Å²) in [6.07, 6.45) is 5.74. The summed E-state index contributed by atoms with van der Waals surface area (Å²) >= 11 is 1.45. The van der Waals surface area contributed by atoms with E-state index in [1.54, 1.807) is 12.4 Å². The number of rotatable bonds is 6. The third-order valence-corrected chi connectivity index (χ3v) is 6.27. The molecule has 7 heteroatoms. The minimum atomic E-state index is -0.309. The summed E-state index contributed by atoms with van der Waals surface area (Å²) in [6.45, 7) is 1.91. The molecule has 0 saturated heterocycles.